The molecule has 0 saturated heterocycles. The number of benzene rings is 1. The predicted octanol–water partition coefficient (Wildman–Crippen LogP) is 3.04. The summed E-state index contributed by atoms with van der Waals surface area (Å²) >= 11 is 0. The van der Waals surface area contributed by atoms with E-state index in [9.17, 15) is 10.1 Å². The predicted molar refractivity (Wildman–Crippen MR) is 64.4 cm³/mol. The minimum atomic E-state index is -0.356. The second-order valence-corrected chi connectivity index (χ2v) is 4.13. The van der Waals surface area contributed by atoms with Crippen molar-refractivity contribution >= 4 is 5.69 Å². The molecular weight excluding hydrogens is 204 g/mol. The van der Waals surface area contributed by atoms with E-state index in [1.807, 2.05) is 6.07 Å². The van der Waals surface area contributed by atoms with E-state index in [1.165, 1.54) is 6.07 Å². The molecular formula is C12H18N2O2. The van der Waals surface area contributed by atoms with Gasteiger partial charge in [0.1, 0.15) is 0 Å². The first-order chi connectivity index (χ1) is 7.54. The van der Waals surface area contributed by atoms with Crippen molar-refractivity contribution in [2.75, 3.05) is 0 Å². The van der Waals surface area contributed by atoms with Gasteiger partial charge in [0.15, 0.2) is 0 Å². The van der Waals surface area contributed by atoms with Crippen molar-refractivity contribution in [3.63, 3.8) is 0 Å². The van der Waals surface area contributed by atoms with Crippen LogP contribution in [0.15, 0.2) is 24.3 Å². The largest absolute Gasteiger partial charge is 0.308 e. The Morgan fingerprint density at radius 3 is 2.62 bits per heavy atom. The van der Waals surface area contributed by atoms with Gasteiger partial charge in [-0.1, -0.05) is 32.9 Å². The van der Waals surface area contributed by atoms with Gasteiger partial charge in [-0.3, -0.25) is 10.1 Å². The molecule has 0 fully saturated rings. The van der Waals surface area contributed by atoms with Crippen LogP contribution in [-0.2, 0) is 0 Å². The minimum Gasteiger partial charge on any atom is -0.308 e. The summed E-state index contributed by atoms with van der Waals surface area (Å²) in [5.41, 5.74) is 1.13. The van der Waals surface area contributed by atoms with Crippen molar-refractivity contribution < 1.29 is 4.92 Å². The van der Waals surface area contributed by atoms with Crippen LogP contribution in [-0.4, -0.2) is 11.0 Å². The lowest BCUT2D eigenvalue weighted by Gasteiger charge is -2.19. The van der Waals surface area contributed by atoms with E-state index in [-0.39, 0.29) is 16.7 Å². The number of nitrogens with one attached hydrogen (secondary N) is 1. The Morgan fingerprint density at radius 1 is 1.44 bits per heavy atom. The molecule has 1 atom stereocenters. The lowest BCUT2D eigenvalue weighted by Crippen LogP contribution is -2.27. The minimum absolute atomic E-state index is 0.154. The molecule has 0 bridgehead atoms. The normalized spacial score (nSPS) is 12.8. The average Bonchev–Trinajstić information content (AvgIpc) is 2.25. The number of nitro groups is 1. The van der Waals surface area contributed by atoms with Crippen LogP contribution in [0.5, 0.6) is 0 Å². The summed E-state index contributed by atoms with van der Waals surface area (Å²) in [5.74, 6) is 0. The van der Waals surface area contributed by atoms with Crippen molar-refractivity contribution in [1.82, 2.24) is 5.32 Å². The molecule has 16 heavy (non-hydrogen) atoms. The van der Waals surface area contributed by atoms with Crippen LogP contribution < -0.4 is 5.32 Å². The molecule has 0 saturated carbocycles. The number of hydrogen-bond acceptors (Lipinski definition) is 3. The highest BCUT2D eigenvalue weighted by Gasteiger charge is 2.13. The van der Waals surface area contributed by atoms with E-state index in [0.29, 0.717) is 6.04 Å². The molecule has 1 N–H and O–H groups in total. The van der Waals surface area contributed by atoms with E-state index in [4.69, 9.17) is 0 Å². The molecule has 0 heterocycles. The number of nitro benzene ring substituents is 1. The molecule has 0 amide bonds. The average molecular weight is 222 g/mol. The lowest BCUT2D eigenvalue weighted by atomic mass is 10.0. The summed E-state index contributed by atoms with van der Waals surface area (Å²) in [6.07, 6.45) is 0.916. The molecule has 0 aliphatic rings. The van der Waals surface area contributed by atoms with Gasteiger partial charge in [0.2, 0.25) is 0 Å². The van der Waals surface area contributed by atoms with Crippen LogP contribution in [0.2, 0.25) is 0 Å². The maximum absolute atomic E-state index is 10.7. The Labute approximate surface area is 95.8 Å². The van der Waals surface area contributed by atoms with Crippen LogP contribution >= 0.6 is 0 Å². The zero-order chi connectivity index (χ0) is 12.1. The summed E-state index contributed by atoms with van der Waals surface area (Å²) in [5, 5.41) is 14.1. The lowest BCUT2D eigenvalue weighted by molar-refractivity contribution is -0.384. The van der Waals surface area contributed by atoms with Gasteiger partial charge in [0.25, 0.3) is 5.69 Å². The Morgan fingerprint density at radius 2 is 2.12 bits per heavy atom. The topological polar surface area (TPSA) is 55.2 Å². The van der Waals surface area contributed by atoms with E-state index in [1.54, 1.807) is 12.1 Å². The molecule has 0 aliphatic carbocycles. The third-order valence-electron chi connectivity index (χ3n) is 2.43. The maximum atomic E-state index is 10.7. The fraction of sp³-hybridized carbons (Fsp3) is 0.500. The second-order valence-electron chi connectivity index (χ2n) is 4.13. The van der Waals surface area contributed by atoms with Gasteiger partial charge in [-0.05, 0) is 12.0 Å². The number of rotatable bonds is 5. The molecule has 1 unspecified atom stereocenters. The van der Waals surface area contributed by atoms with Crippen molar-refractivity contribution in [2.24, 2.45) is 0 Å². The fourth-order valence-electron chi connectivity index (χ4n) is 1.71. The molecule has 0 radical (unpaired) electrons. The first-order valence-electron chi connectivity index (χ1n) is 5.55. The Balaban J connectivity index is 2.92. The summed E-state index contributed by atoms with van der Waals surface area (Å²) in [7, 11) is 0. The Hall–Kier alpha value is -1.42. The highest BCUT2D eigenvalue weighted by molar-refractivity contribution is 5.35. The zero-order valence-electron chi connectivity index (χ0n) is 9.93. The molecule has 4 nitrogen and oxygen atoms in total. The van der Waals surface area contributed by atoms with E-state index in [2.05, 4.69) is 26.1 Å². The molecule has 0 aliphatic heterocycles. The summed E-state index contributed by atoms with van der Waals surface area (Å²) in [6.45, 7) is 6.21. The van der Waals surface area contributed by atoms with Crippen LogP contribution in [0.4, 0.5) is 5.69 Å². The summed E-state index contributed by atoms with van der Waals surface area (Å²) in [6, 6.07) is 7.37. The zero-order valence-corrected chi connectivity index (χ0v) is 9.93. The van der Waals surface area contributed by atoms with Crippen LogP contribution in [0.25, 0.3) is 0 Å². The van der Waals surface area contributed by atoms with E-state index < -0.39 is 0 Å². The van der Waals surface area contributed by atoms with Gasteiger partial charge in [0, 0.05) is 24.2 Å². The van der Waals surface area contributed by atoms with Crippen LogP contribution in [0, 0.1) is 10.1 Å². The molecule has 1 rings (SSSR count). The maximum Gasteiger partial charge on any atom is 0.269 e. The van der Waals surface area contributed by atoms with Crippen LogP contribution in [0.3, 0.4) is 0 Å². The summed E-state index contributed by atoms with van der Waals surface area (Å²) < 4.78 is 0. The molecule has 0 aromatic heterocycles. The molecule has 0 spiro atoms. The molecule has 1 aromatic carbocycles. The van der Waals surface area contributed by atoms with Gasteiger partial charge in [0.05, 0.1) is 4.92 Å². The number of non-ortho nitro benzene ring substituents is 1. The molecule has 4 heteroatoms. The molecule has 88 valence electrons. The second kappa shape index (κ2) is 5.61. The third kappa shape index (κ3) is 3.31. The van der Waals surface area contributed by atoms with E-state index in [0.717, 1.165) is 12.0 Å². The summed E-state index contributed by atoms with van der Waals surface area (Å²) in [4.78, 5) is 10.3. The standard InChI is InChI=1S/C12H18N2O2/c1-4-12(13-9(2)3)10-6-5-7-11(8-10)14(15)16/h5-9,12-13H,4H2,1-3H3. The highest BCUT2D eigenvalue weighted by Crippen LogP contribution is 2.21. The van der Waals surface area contributed by atoms with E-state index >= 15 is 0 Å². The molecule has 1 aromatic rings. The SMILES string of the molecule is CCC(NC(C)C)c1cccc([N+](=O)[O-])c1. The quantitative estimate of drug-likeness (QED) is 0.615. The van der Waals surface area contributed by atoms with Gasteiger partial charge >= 0.3 is 0 Å². The van der Waals surface area contributed by atoms with Crippen molar-refractivity contribution in [1.29, 1.82) is 0 Å². The fourth-order valence-corrected chi connectivity index (χ4v) is 1.71. The van der Waals surface area contributed by atoms with Crippen molar-refractivity contribution in [3.8, 4) is 0 Å². The Kier molecular flexibility index (Phi) is 4.43. The Bertz CT molecular complexity index is 364. The van der Waals surface area contributed by atoms with Gasteiger partial charge in [-0.15, -0.1) is 0 Å². The number of nitrogens with zero attached hydrogens (tertiary/aromatic N) is 1. The highest BCUT2D eigenvalue weighted by atomic mass is 16.6. The first kappa shape index (κ1) is 12.6. The first-order valence-corrected chi connectivity index (χ1v) is 5.55. The van der Waals surface area contributed by atoms with Gasteiger partial charge < -0.3 is 5.32 Å². The third-order valence-corrected chi connectivity index (χ3v) is 2.43. The monoisotopic (exact) mass is 222 g/mol. The van der Waals surface area contributed by atoms with Crippen LogP contribution in [0.1, 0.15) is 38.8 Å². The van der Waals surface area contributed by atoms with Crippen molar-refractivity contribution in [3.05, 3.63) is 39.9 Å². The van der Waals surface area contributed by atoms with Gasteiger partial charge in [-0.2, -0.15) is 0 Å². The van der Waals surface area contributed by atoms with Crippen molar-refractivity contribution in [2.45, 2.75) is 39.3 Å². The van der Waals surface area contributed by atoms with Gasteiger partial charge in [-0.25, -0.2) is 0 Å². The number of hydrogen-bond donors (Lipinski definition) is 1. The smallest absolute Gasteiger partial charge is 0.269 e.